The second kappa shape index (κ2) is 3.81. The van der Waals surface area contributed by atoms with Crippen molar-refractivity contribution in [3.8, 4) is 0 Å². The average Bonchev–Trinajstić information content (AvgIpc) is 2.16. The fourth-order valence-corrected chi connectivity index (χ4v) is 0.962. The Morgan fingerprint density at radius 1 is 1.38 bits per heavy atom. The number of hydrogen-bond donors (Lipinski definition) is 0. The molecule has 0 radical (unpaired) electrons. The van der Waals surface area contributed by atoms with Crippen LogP contribution in [0.15, 0.2) is 43.5 Å². The van der Waals surface area contributed by atoms with Gasteiger partial charge in [0.15, 0.2) is 5.78 Å². The van der Waals surface area contributed by atoms with E-state index in [4.69, 9.17) is 0 Å². The summed E-state index contributed by atoms with van der Waals surface area (Å²) in [5, 5.41) is 0. The first-order valence-electron chi connectivity index (χ1n) is 3.77. The van der Waals surface area contributed by atoms with Gasteiger partial charge in [-0.15, -0.1) is 0 Å². The van der Waals surface area contributed by atoms with Gasteiger partial charge in [0.25, 0.3) is 0 Å². The van der Waals surface area contributed by atoms with Crippen molar-refractivity contribution in [1.29, 1.82) is 0 Å². The van der Waals surface area contributed by atoms with Crippen LogP contribution >= 0.6 is 0 Å². The highest BCUT2D eigenvalue weighted by Gasteiger charge is 2.09. The first-order chi connectivity index (χ1) is 6.16. The van der Waals surface area contributed by atoms with Crippen LogP contribution in [0.4, 0.5) is 4.39 Å². The number of ketones is 1. The standard InChI is InChI=1S/C11H9FO/c1-3-11(13)8(2)9-6-4-5-7-10(9)12/h3-7H,1-2H2. The van der Waals surface area contributed by atoms with Crippen molar-refractivity contribution in [3.63, 3.8) is 0 Å². The van der Waals surface area contributed by atoms with Crippen LogP contribution in [-0.4, -0.2) is 5.78 Å². The molecule has 1 nitrogen and oxygen atoms in total. The maximum absolute atomic E-state index is 13.1. The Balaban J connectivity index is 3.09. The van der Waals surface area contributed by atoms with Crippen LogP contribution < -0.4 is 0 Å². The number of benzene rings is 1. The Labute approximate surface area is 76.2 Å². The van der Waals surface area contributed by atoms with Gasteiger partial charge in [-0.05, 0) is 12.1 Å². The molecule has 2 heteroatoms. The normalized spacial score (nSPS) is 9.31. The second-order valence-corrected chi connectivity index (χ2v) is 2.53. The molecular weight excluding hydrogens is 167 g/mol. The van der Waals surface area contributed by atoms with Crippen LogP contribution in [0.3, 0.4) is 0 Å². The van der Waals surface area contributed by atoms with Gasteiger partial charge in [-0.1, -0.05) is 31.4 Å². The molecule has 0 fully saturated rings. The third-order valence-corrected chi connectivity index (χ3v) is 1.68. The van der Waals surface area contributed by atoms with Crippen molar-refractivity contribution < 1.29 is 9.18 Å². The number of allylic oxidation sites excluding steroid dienone is 2. The van der Waals surface area contributed by atoms with Gasteiger partial charge in [-0.3, -0.25) is 4.79 Å². The molecular formula is C11H9FO. The number of rotatable bonds is 3. The Kier molecular flexibility index (Phi) is 2.75. The van der Waals surface area contributed by atoms with Gasteiger partial charge < -0.3 is 0 Å². The molecule has 0 saturated carbocycles. The van der Waals surface area contributed by atoms with Gasteiger partial charge in [0.1, 0.15) is 5.82 Å². The summed E-state index contributed by atoms with van der Waals surface area (Å²) in [7, 11) is 0. The molecule has 0 aliphatic heterocycles. The van der Waals surface area contributed by atoms with E-state index in [9.17, 15) is 9.18 Å². The highest BCUT2D eigenvalue weighted by atomic mass is 19.1. The second-order valence-electron chi connectivity index (χ2n) is 2.53. The van der Waals surface area contributed by atoms with Crippen LogP contribution in [0.25, 0.3) is 5.57 Å². The summed E-state index contributed by atoms with van der Waals surface area (Å²) >= 11 is 0. The molecule has 1 aromatic carbocycles. The monoisotopic (exact) mass is 176 g/mol. The van der Waals surface area contributed by atoms with Crippen LogP contribution in [0.2, 0.25) is 0 Å². The minimum atomic E-state index is -0.442. The number of halogens is 1. The average molecular weight is 176 g/mol. The third-order valence-electron chi connectivity index (χ3n) is 1.68. The van der Waals surface area contributed by atoms with E-state index < -0.39 is 5.82 Å². The van der Waals surface area contributed by atoms with Gasteiger partial charge in [-0.2, -0.15) is 0 Å². The molecule has 0 bridgehead atoms. The van der Waals surface area contributed by atoms with Gasteiger partial charge >= 0.3 is 0 Å². The number of carbonyl (C=O) groups is 1. The SMILES string of the molecule is C=CC(=O)C(=C)c1ccccc1F. The molecule has 0 amide bonds. The molecule has 0 atom stereocenters. The Morgan fingerprint density at radius 3 is 2.54 bits per heavy atom. The molecule has 0 unspecified atom stereocenters. The van der Waals surface area contributed by atoms with Gasteiger partial charge in [-0.25, -0.2) is 4.39 Å². The van der Waals surface area contributed by atoms with Crippen LogP contribution in [0.1, 0.15) is 5.56 Å². The predicted octanol–water partition coefficient (Wildman–Crippen LogP) is 2.59. The summed E-state index contributed by atoms with van der Waals surface area (Å²) in [6.07, 6.45) is 1.12. The van der Waals surface area contributed by atoms with Crippen molar-refractivity contribution in [2.24, 2.45) is 0 Å². The van der Waals surface area contributed by atoms with E-state index in [1.54, 1.807) is 12.1 Å². The maximum atomic E-state index is 13.1. The smallest absolute Gasteiger partial charge is 0.185 e. The summed E-state index contributed by atoms with van der Waals surface area (Å²) in [6, 6.07) is 6.01. The zero-order valence-electron chi connectivity index (χ0n) is 7.09. The highest BCUT2D eigenvalue weighted by Crippen LogP contribution is 2.16. The molecule has 13 heavy (non-hydrogen) atoms. The molecule has 1 aromatic rings. The van der Waals surface area contributed by atoms with Crippen molar-refractivity contribution in [1.82, 2.24) is 0 Å². The van der Waals surface area contributed by atoms with E-state index in [1.165, 1.54) is 12.1 Å². The first kappa shape index (κ1) is 9.39. The molecule has 0 saturated heterocycles. The summed E-state index contributed by atoms with van der Waals surface area (Å²) in [4.78, 5) is 11.1. The number of carbonyl (C=O) groups excluding carboxylic acids is 1. The van der Waals surface area contributed by atoms with E-state index in [0.29, 0.717) is 0 Å². The van der Waals surface area contributed by atoms with E-state index in [2.05, 4.69) is 13.2 Å². The predicted molar refractivity (Wildman–Crippen MR) is 50.6 cm³/mol. The molecule has 0 aromatic heterocycles. The maximum Gasteiger partial charge on any atom is 0.185 e. The Bertz CT molecular complexity index is 366. The summed E-state index contributed by atoms with van der Waals surface area (Å²) in [5.41, 5.74) is 0.362. The molecule has 0 spiro atoms. The van der Waals surface area contributed by atoms with Crippen LogP contribution in [0.5, 0.6) is 0 Å². The lowest BCUT2D eigenvalue weighted by molar-refractivity contribution is -0.109. The summed E-state index contributed by atoms with van der Waals surface area (Å²) in [6.45, 7) is 6.80. The van der Waals surface area contributed by atoms with Gasteiger partial charge in [0, 0.05) is 11.1 Å². The lowest BCUT2D eigenvalue weighted by atomic mass is 10.0. The van der Waals surface area contributed by atoms with E-state index in [0.717, 1.165) is 6.08 Å². The molecule has 66 valence electrons. The minimum Gasteiger partial charge on any atom is -0.289 e. The van der Waals surface area contributed by atoms with Crippen molar-refractivity contribution >= 4 is 11.4 Å². The van der Waals surface area contributed by atoms with Gasteiger partial charge in [0.2, 0.25) is 0 Å². The molecule has 0 aliphatic carbocycles. The quantitative estimate of drug-likeness (QED) is 0.647. The van der Waals surface area contributed by atoms with Crippen molar-refractivity contribution in [2.45, 2.75) is 0 Å². The summed E-state index contributed by atoms with van der Waals surface area (Å²) < 4.78 is 13.1. The van der Waals surface area contributed by atoms with Gasteiger partial charge in [0.05, 0.1) is 0 Å². The Morgan fingerprint density at radius 2 is 2.00 bits per heavy atom. The number of hydrogen-bond acceptors (Lipinski definition) is 1. The fraction of sp³-hybridized carbons (Fsp3) is 0. The lowest BCUT2D eigenvalue weighted by Crippen LogP contribution is -1.97. The van der Waals surface area contributed by atoms with Crippen molar-refractivity contribution in [3.05, 3.63) is 54.9 Å². The molecule has 0 heterocycles. The van der Waals surface area contributed by atoms with E-state index in [-0.39, 0.29) is 16.9 Å². The fourth-order valence-electron chi connectivity index (χ4n) is 0.962. The topological polar surface area (TPSA) is 17.1 Å². The lowest BCUT2D eigenvalue weighted by Gasteiger charge is -2.02. The van der Waals surface area contributed by atoms with Crippen LogP contribution in [-0.2, 0) is 4.79 Å². The minimum absolute atomic E-state index is 0.133. The third kappa shape index (κ3) is 1.90. The van der Waals surface area contributed by atoms with Crippen molar-refractivity contribution in [2.75, 3.05) is 0 Å². The zero-order valence-corrected chi connectivity index (χ0v) is 7.09. The van der Waals surface area contributed by atoms with E-state index in [1.807, 2.05) is 0 Å². The van der Waals surface area contributed by atoms with E-state index >= 15 is 0 Å². The first-order valence-corrected chi connectivity index (χ1v) is 3.77. The molecule has 1 rings (SSSR count). The largest absolute Gasteiger partial charge is 0.289 e. The zero-order chi connectivity index (χ0) is 9.84. The molecule has 0 aliphatic rings. The molecule has 0 N–H and O–H groups in total. The van der Waals surface area contributed by atoms with Crippen LogP contribution in [0, 0.1) is 5.82 Å². The Hall–Kier alpha value is -1.70. The highest BCUT2D eigenvalue weighted by molar-refractivity contribution is 6.25. The summed E-state index contributed by atoms with van der Waals surface area (Å²) in [5.74, 6) is -0.798.